The molecule has 7 heteroatoms. The number of non-ortho nitro benzene ring substituents is 1. The molecule has 0 bridgehead atoms. The summed E-state index contributed by atoms with van der Waals surface area (Å²) < 4.78 is 5.70. The summed E-state index contributed by atoms with van der Waals surface area (Å²) in [5, 5.41) is 14.0. The van der Waals surface area contributed by atoms with Crippen LogP contribution in [0, 0.1) is 10.1 Å². The summed E-state index contributed by atoms with van der Waals surface area (Å²) in [6.07, 6.45) is 0. The number of carbonyl (C=O) groups is 1. The van der Waals surface area contributed by atoms with Gasteiger partial charge in [-0.1, -0.05) is 11.6 Å². The van der Waals surface area contributed by atoms with Gasteiger partial charge in [-0.05, 0) is 48.5 Å². The minimum absolute atomic E-state index is 0.0600. The zero-order valence-electron chi connectivity index (χ0n) is 12.9. The van der Waals surface area contributed by atoms with E-state index >= 15 is 0 Å². The van der Waals surface area contributed by atoms with Gasteiger partial charge in [0.05, 0.1) is 11.5 Å². The molecule has 0 saturated heterocycles. The fourth-order valence-electron chi connectivity index (χ4n) is 2.25. The van der Waals surface area contributed by atoms with Gasteiger partial charge in [0, 0.05) is 28.3 Å². The standard InChI is InChI=1S/C18H13ClN2O4/c19-14-5-1-12(2-6-14)17-10-9-16(25-17)11-20-18(22)13-3-7-15(8-4-13)21(23)24/h1-10H,11H2,(H,20,22). The number of carbonyl (C=O) groups excluding carboxylic acids is 1. The molecule has 3 rings (SSSR count). The van der Waals surface area contributed by atoms with E-state index in [2.05, 4.69) is 5.32 Å². The van der Waals surface area contributed by atoms with Gasteiger partial charge in [0.25, 0.3) is 11.6 Å². The third kappa shape index (κ3) is 4.05. The SMILES string of the molecule is O=C(NCc1ccc(-c2ccc(Cl)cc2)o1)c1ccc([N+](=O)[O-])cc1. The molecule has 25 heavy (non-hydrogen) atoms. The van der Waals surface area contributed by atoms with Gasteiger partial charge >= 0.3 is 0 Å². The first-order valence-electron chi connectivity index (χ1n) is 7.40. The number of nitro benzene ring substituents is 1. The number of halogens is 1. The molecule has 1 amide bonds. The van der Waals surface area contributed by atoms with Crippen molar-refractivity contribution in [3.8, 4) is 11.3 Å². The van der Waals surface area contributed by atoms with Crippen LogP contribution in [0.3, 0.4) is 0 Å². The highest BCUT2D eigenvalue weighted by atomic mass is 35.5. The number of rotatable bonds is 5. The molecule has 0 atom stereocenters. The summed E-state index contributed by atoms with van der Waals surface area (Å²) in [5.41, 5.74) is 1.17. The van der Waals surface area contributed by atoms with Crippen LogP contribution in [0.4, 0.5) is 5.69 Å². The van der Waals surface area contributed by atoms with Gasteiger partial charge < -0.3 is 9.73 Å². The Balaban J connectivity index is 1.62. The zero-order valence-corrected chi connectivity index (χ0v) is 13.7. The molecule has 0 aliphatic heterocycles. The summed E-state index contributed by atoms with van der Waals surface area (Å²) in [6.45, 7) is 0.212. The largest absolute Gasteiger partial charge is 0.459 e. The maximum Gasteiger partial charge on any atom is 0.269 e. The predicted molar refractivity (Wildman–Crippen MR) is 93.4 cm³/mol. The van der Waals surface area contributed by atoms with Crippen LogP contribution < -0.4 is 5.32 Å². The monoisotopic (exact) mass is 356 g/mol. The molecule has 1 heterocycles. The first-order chi connectivity index (χ1) is 12.0. The molecule has 0 saturated carbocycles. The lowest BCUT2D eigenvalue weighted by molar-refractivity contribution is -0.384. The quantitative estimate of drug-likeness (QED) is 0.541. The van der Waals surface area contributed by atoms with Crippen molar-refractivity contribution in [1.29, 1.82) is 0 Å². The van der Waals surface area contributed by atoms with E-state index in [1.165, 1.54) is 24.3 Å². The fraction of sp³-hybridized carbons (Fsp3) is 0.0556. The number of hydrogen-bond acceptors (Lipinski definition) is 4. The Morgan fingerprint density at radius 1 is 1.04 bits per heavy atom. The first kappa shape index (κ1) is 16.7. The van der Waals surface area contributed by atoms with Crippen LogP contribution in [0.25, 0.3) is 11.3 Å². The second-order valence-corrected chi connectivity index (χ2v) is 5.70. The van der Waals surface area contributed by atoms with Gasteiger partial charge in [-0.2, -0.15) is 0 Å². The van der Waals surface area contributed by atoms with Crippen molar-refractivity contribution in [3.05, 3.63) is 87.1 Å². The van der Waals surface area contributed by atoms with E-state index in [-0.39, 0.29) is 18.1 Å². The smallest absolute Gasteiger partial charge is 0.269 e. The third-order valence-corrected chi connectivity index (χ3v) is 3.81. The summed E-state index contributed by atoms with van der Waals surface area (Å²) in [7, 11) is 0. The highest BCUT2D eigenvalue weighted by molar-refractivity contribution is 6.30. The molecule has 0 aliphatic rings. The molecule has 1 N–H and O–H groups in total. The Morgan fingerprint density at radius 2 is 1.72 bits per heavy atom. The van der Waals surface area contributed by atoms with Crippen LogP contribution in [0.2, 0.25) is 5.02 Å². The molecule has 0 fully saturated rings. The highest BCUT2D eigenvalue weighted by Crippen LogP contribution is 2.23. The number of furan rings is 1. The molecule has 126 valence electrons. The Kier molecular flexibility index (Phi) is 4.81. The lowest BCUT2D eigenvalue weighted by atomic mass is 10.2. The zero-order chi connectivity index (χ0) is 17.8. The molecular formula is C18H13ClN2O4. The van der Waals surface area contributed by atoms with Crippen LogP contribution >= 0.6 is 11.6 Å². The third-order valence-electron chi connectivity index (χ3n) is 3.55. The fourth-order valence-corrected chi connectivity index (χ4v) is 2.37. The molecule has 0 spiro atoms. The van der Waals surface area contributed by atoms with Crippen molar-refractivity contribution in [2.75, 3.05) is 0 Å². The minimum atomic E-state index is -0.511. The molecular weight excluding hydrogens is 344 g/mol. The summed E-state index contributed by atoms with van der Waals surface area (Å²) in [6, 6.07) is 16.2. The topological polar surface area (TPSA) is 85.4 Å². The number of amides is 1. The van der Waals surface area contributed by atoms with Crippen molar-refractivity contribution >= 4 is 23.2 Å². The van der Waals surface area contributed by atoms with Crippen LogP contribution in [0.1, 0.15) is 16.1 Å². The van der Waals surface area contributed by atoms with E-state index < -0.39 is 4.92 Å². The molecule has 0 unspecified atom stereocenters. The summed E-state index contributed by atoms with van der Waals surface area (Å²) in [4.78, 5) is 22.2. The number of nitro groups is 1. The maximum atomic E-state index is 12.1. The Hall–Kier alpha value is -3.12. The average Bonchev–Trinajstić information content (AvgIpc) is 3.09. The Morgan fingerprint density at radius 3 is 2.36 bits per heavy atom. The number of benzene rings is 2. The van der Waals surface area contributed by atoms with Crippen molar-refractivity contribution in [1.82, 2.24) is 5.32 Å². The predicted octanol–water partition coefficient (Wildman–Crippen LogP) is 4.44. The van der Waals surface area contributed by atoms with E-state index in [1.54, 1.807) is 18.2 Å². The number of nitrogens with zero attached hydrogens (tertiary/aromatic N) is 1. The van der Waals surface area contributed by atoms with E-state index in [1.807, 2.05) is 18.2 Å². The molecule has 0 radical (unpaired) electrons. The molecule has 0 aliphatic carbocycles. The molecule has 3 aromatic rings. The van der Waals surface area contributed by atoms with Crippen molar-refractivity contribution in [2.45, 2.75) is 6.54 Å². The van der Waals surface area contributed by atoms with Gasteiger partial charge in [0.15, 0.2) is 0 Å². The van der Waals surface area contributed by atoms with Gasteiger partial charge in [-0.25, -0.2) is 0 Å². The normalized spacial score (nSPS) is 10.4. The van der Waals surface area contributed by atoms with Crippen molar-refractivity contribution < 1.29 is 14.1 Å². The van der Waals surface area contributed by atoms with E-state index in [0.717, 1.165) is 5.56 Å². The number of nitrogens with one attached hydrogen (secondary N) is 1. The Bertz CT molecular complexity index is 902. The lowest BCUT2D eigenvalue weighted by Gasteiger charge is -2.03. The van der Waals surface area contributed by atoms with Crippen molar-refractivity contribution in [3.63, 3.8) is 0 Å². The van der Waals surface area contributed by atoms with E-state index in [4.69, 9.17) is 16.0 Å². The second-order valence-electron chi connectivity index (χ2n) is 5.26. The minimum Gasteiger partial charge on any atom is -0.459 e. The van der Waals surface area contributed by atoms with Gasteiger partial charge in [0.2, 0.25) is 0 Å². The lowest BCUT2D eigenvalue weighted by Crippen LogP contribution is -2.22. The summed E-state index contributed by atoms with van der Waals surface area (Å²) >= 11 is 5.86. The second kappa shape index (κ2) is 7.19. The van der Waals surface area contributed by atoms with Crippen LogP contribution in [0.5, 0.6) is 0 Å². The molecule has 1 aromatic heterocycles. The molecule has 2 aromatic carbocycles. The van der Waals surface area contributed by atoms with E-state index in [9.17, 15) is 14.9 Å². The Labute approximate surface area is 148 Å². The van der Waals surface area contributed by atoms with Gasteiger partial charge in [-0.3, -0.25) is 14.9 Å². The molecule has 6 nitrogen and oxygen atoms in total. The maximum absolute atomic E-state index is 12.1. The van der Waals surface area contributed by atoms with Crippen molar-refractivity contribution in [2.24, 2.45) is 0 Å². The van der Waals surface area contributed by atoms with Crippen LogP contribution in [-0.4, -0.2) is 10.8 Å². The van der Waals surface area contributed by atoms with E-state index in [0.29, 0.717) is 22.1 Å². The van der Waals surface area contributed by atoms with Crippen LogP contribution in [-0.2, 0) is 6.54 Å². The first-order valence-corrected chi connectivity index (χ1v) is 7.78. The number of hydrogen-bond donors (Lipinski definition) is 1. The summed E-state index contributed by atoms with van der Waals surface area (Å²) in [5.74, 6) is 0.941. The van der Waals surface area contributed by atoms with Gasteiger partial charge in [-0.15, -0.1) is 0 Å². The highest BCUT2D eigenvalue weighted by Gasteiger charge is 2.10. The average molecular weight is 357 g/mol. The van der Waals surface area contributed by atoms with Crippen LogP contribution in [0.15, 0.2) is 65.1 Å². The van der Waals surface area contributed by atoms with Gasteiger partial charge in [0.1, 0.15) is 11.5 Å².